The first-order valence-corrected chi connectivity index (χ1v) is 21.4. The molecule has 0 saturated heterocycles. The number of hydrogen-bond donors (Lipinski definition) is 0. The van der Waals surface area contributed by atoms with E-state index in [-0.39, 0.29) is 6.34 Å². The van der Waals surface area contributed by atoms with Gasteiger partial charge in [0.15, 0.2) is 0 Å². The molecular weight excluding hydrogens is 491 g/mol. The van der Waals surface area contributed by atoms with Gasteiger partial charge in [0, 0.05) is 0 Å². The first kappa shape index (κ1) is 19.1. The molecule has 2 atom stereocenters. The maximum atomic E-state index is 2.75. The summed E-state index contributed by atoms with van der Waals surface area (Å²) in [4.78, 5) is 0. The Morgan fingerprint density at radius 1 is 0.667 bits per heavy atom. The van der Waals surface area contributed by atoms with Crippen LogP contribution in [-0.4, -0.2) is 0 Å². The van der Waals surface area contributed by atoms with Crippen molar-refractivity contribution in [3.8, 4) is 0 Å². The van der Waals surface area contributed by atoms with Crippen molar-refractivity contribution in [3.05, 3.63) is 82.9 Å². The first-order valence-electron chi connectivity index (χ1n) is 10.6. The van der Waals surface area contributed by atoms with E-state index in [2.05, 4.69) is 96.0 Å². The van der Waals surface area contributed by atoms with Crippen LogP contribution in [0.4, 0.5) is 0 Å². The number of allylic oxidation sites excluding steroid dienone is 2. The van der Waals surface area contributed by atoms with E-state index in [1.807, 2.05) is 0 Å². The van der Waals surface area contributed by atoms with Gasteiger partial charge in [-0.3, -0.25) is 0 Å². The van der Waals surface area contributed by atoms with Crippen LogP contribution in [0.2, 0.25) is 9.36 Å². The van der Waals surface area contributed by atoms with Crippen molar-refractivity contribution in [3.63, 3.8) is 0 Å². The summed E-state index contributed by atoms with van der Waals surface area (Å²) in [6.45, 7) is 4.73. The van der Waals surface area contributed by atoms with Gasteiger partial charge in [0.1, 0.15) is 0 Å². The Morgan fingerprint density at radius 3 is 1.48 bits per heavy atom. The predicted molar refractivity (Wildman–Crippen MR) is 116 cm³/mol. The zero-order chi connectivity index (χ0) is 19.1. The van der Waals surface area contributed by atoms with Gasteiger partial charge in [-0.2, -0.15) is 0 Å². The van der Waals surface area contributed by atoms with Crippen LogP contribution < -0.4 is 0 Å². The standard InChI is InChI=1S/2C12H13.2CH3.Hf/c2*1-2-5-10-8-9-11-6-3-4-7-12(10)11;;;/h2*3-4,6-9H,2,5H2,1H3;2*1H3;. The molecule has 140 valence electrons. The second-order valence-corrected chi connectivity index (χ2v) is 27.0. The van der Waals surface area contributed by atoms with E-state index >= 15 is 0 Å². The SMILES string of the molecule is CCC[C]1([Hf]([CH3])([CH3])[C]2(CCC)C=Cc3ccccc32)C=Cc2ccccc21. The molecule has 0 amide bonds. The first-order chi connectivity index (χ1) is 13.0. The summed E-state index contributed by atoms with van der Waals surface area (Å²) in [7, 11) is 0. The predicted octanol–water partition coefficient (Wildman–Crippen LogP) is 7.68. The monoisotopic (exact) mass is 524 g/mol. The molecule has 2 aromatic carbocycles. The molecule has 2 aliphatic carbocycles. The molecule has 0 fully saturated rings. The molecule has 4 rings (SSSR count). The molecule has 0 N–H and O–H groups in total. The third kappa shape index (κ3) is 2.57. The fraction of sp³-hybridized carbons (Fsp3) is 0.385. The average molecular weight is 523 g/mol. The average Bonchev–Trinajstić information content (AvgIpc) is 3.24. The van der Waals surface area contributed by atoms with Crippen molar-refractivity contribution >= 4 is 12.2 Å². The second-order valence-electron chi connectivity index (χ2n) is 8.91. The maximum absolute atomic E-state index is 3.01. The topological polar surface area (TPSA) is 0 Å². The van der Waals surface area contributed by atoms with Gasteiger partial charge in [0.05, 0.1) is 0 Å². The molecule has 0 aromatic heterocycles. The van der Waals surface area contributed by atoms with E-state index in [0.29, 0.717) is 0 Å². The third-order valence-electron chi connectivity index (χ3n) is 7.50. The van der Waals surface area contributed by atoms with E-state index in [1.165, 1.54) is 36.8 Å². The van der Waals surface area contributed by atoms with Gasteiger partial charge in [0.25, 0.3) is 0 Å². The van der Waals surface area contributed by atoms with Gasteiger partial charge in [-0.05, 0) is 0 Å². The fourth-order valence-electron chi connectivity index (χ4n) is 6.08. The molecule has 2 aliphatic rings. The van der Waals surface area contributed by atoms with E-state index in [0.717, 1.165) is 0 Å². The summed E-state index contributed by atoms with van der Waals surface area (Å²) in [5, 5.41) is 0. The van der Waals surface area contributed by atoms with Crippen LogP contribution in [0.15, 0.2) is 60.7 Å². The molecule has 2 unspecified atom stereocenters. The van der Waals surface area contributed by atoms with Crippen LogP contribution in [0.5, 0.6) is 0 Å². The van der Waals surface area contributed by atoms with Crippen molar-refractivity contribution < 1.29 is 20.0 Å². The van der Waals surface area contributed by atoms with E-state index < -0.39 is 20.0 Å². The molecule has 2 aromatic rings. The number of benzene rings is 2. The zero-order valence-electron chi connectivity index (χ0n) is 17.3. The Labute approximate surface area is 169 Å². The minimum atomic E-state index is -3.01. The number of fused-ring (bicyclic) bond motifs is 2. The Morgan fingerprint density at radius 2 is 1.07 bits per heavy atom. The molecular formula is C26H32Hf. The Kier molecular flexibility index (Phi) is 4.95. The van der Waals surface area contributed by atoms with E-state index in [1.54, 1.807) is 11.1 Å². The molecule has 0 radical (unpaired) electrons. The van der Waals surface area contributed by atoms with Crippen molar-refractivity contribution in [2.24, 2.45) is 0 Å². The van der Waals surface area contributed by atoms with Crippen molar-refractivity contribution in [2.75, 3.05) is 0 Å². The molecule has 0 spiro atoms. The van der Waals surface area contributed by atoms with Crippen molar-refractivity contribution in [1.29, 1.82) is 0 Å². The Bertz CT molecular complexity index is 830. The van der Waals surface area contributed by atoms with Crippen LogP contribution >= 0.6 is 0 Å². The second kappa shape index (κ2) is 6.99. The normalized spacial score (nSPS) is 25.6. The minimum absolute atomic E-state index is 0.287. The van der Waals surface area contributed by atoms with Gasteiger partial charge in [-0.25, -0.2) is 0 Å². The molecule has 1 heteroatoms. The Hall–Kier alpha value is -1.21. The zero-order valence-corrected chi connectivity index (χ0v) is 20.8. The van der Waals surface area contributed by atoms with Crippen molar-refractivity contribution in [2.45, 2.75) is 55.2 Å². The molecule has 0 aliphatic heterocycles. The van der Waals surface area contributed by atoms with Crippen molar-refractivity contribution in [1.82, 2.24) is 0 Å². The van der Waals surface area contributed by atoms with Crippen LogP contribution in [-0.2, 0) is 26.3 Å². The summed E-state index contributed by atoms with van der Waals surface area (Å²) in [6.07, 6.45) is 15.2. The molecule has 0 bridgehead atoms. The van der Waals surface area contributed by atoms with Gasteiger partial charge < -0.3 is 0 Å². The van der Waals surface area contributed by atoms with Crippen LogP contribution in [0.25, 0.3) is 12.2 Å². The third-order valence-corrected chi connectivity index (χ3v) is 28.5. The summed E-state index contributed by atoms with van der Waals surface area (Å²) < 4.78 is 6.07. The van der Waals surface area contributed by atoms with Gasteiger partial charge in [0.2, 0.25) is 0 Å². The number of hydrogen-bond acceptors (Lipinski definition) is 0. The summed E-state index contributed by atoms with van der Waals surface area (Å²) >= 11 is -3.01. The van der Waals surface area contributed by atoms with E-state index in [4.69, 9.17) is 0 Å². The quantitative estimate of drug-likeness (QED) is 0.341. The fourth-order valence-corrected chi connectivity index (χ4v) is 25.3. The van der Waals surface area contributed by atoms with Crippen LogP contribution in [0.1, 0.15) is 61.8 Å². The van der Waals surface area contributed by atoms with Crippen LogP contribution in [0, 0.1) is 0 Å². The van der Waals surface area contributed by atoms with Gasteiger partial charge in [-0.15, -0.1) is 0 Å². The van der Waals surface area contributed by atoms with Gasteiger partial charge in [-0.1, -0.05) is 0 Å². The molecule has 0 saturated carbocycles. The summed E-state index contributed by atoms with van der Waals surface area (Å²) in [6, 6.07) is 18.4. The molecule has 0 nitrogen and oxygen atoms in total. The summed E-state index contributed by atoms with van der Waals surface area (Å²) in [5.74, 6) is 0. The van der Waals surface area contributed by atoms with E-state index in [9.17, 15) is 0 Å². The Balaban J connectivity index is 1.96. The molecule has 27 heavy (non-hydrogen) atoms. The molecule has 0 heterocycles. The van der Waals surface area contributed by atoms with Crippen LogP contribution in [0.3, 0.4) is 0 Å². The summed E-state index contributed by atoms with van der Waals surface area (Å²) in [5.41, 5.74) is 6.15. The number of rotatable bonds is 6. The van der Waals surface area contributed by atoms with Gasteiger partial charge >= 0.3 is 170 Å².